The summed E-state index contributed by atoms with van der Waals surface area (Å²) in [5, 5.41) is 0. The van der Waals surface area contributed by atoms with Crippen molar-refractivity contribution in [2.75, 3.05) is 13.7 Å². The van der Waals surface area contributed by atoms with E-state index in [1.54, 1.807) is 0 Å². The van der Waals surface area contributed by atoms with Gasteiger partial charge in [0.25, 0.3) is 6.43 Å². The molecule has 0 rings (SSSR count). The Hall–Kier alpha value is -1.39. The number of esters is 1. The Labute approximate surface area is 74.6 Å². The Bertz CT molecular complexity index is 223. The van der Waals surface area contributed by atoms with Gasteiger partial charge in [-0.15, -0.1) is 0 Å². The van der Waals surface area contributed by atoms with E-state index in [2.05, 4.69) is 22.6 Å². The van der Waals surface area contributed by atoms with E-state index in [0.29, 0.717) is 0 Å². The van der Waals surface area contributed by atoms with Gasteiger partial charge in [-0.25, -0.2) is 13.6 Å². The fourth-order valence-corrected chi connectivity index (χ4v) is 0.488. The van der Waals surface area contributed by atoms with Crippen LogP contribution in [0.3, 0.4) is 0 Å². The Morgan fingerprint density at radius 1 is 1.46 bits per heavy atom. The van der Waals surface area contributed by atoms with Crippen molar-refractivity contribution < 1.29 is 23.0 Å². The number of carbonyl (C=O) groups is 1. The second-order valence-electron chi connectivity index (χ2n) is 2.10. The third-order valence-corrected chi connectivity index (χ3v) is 1.15. The summed E-state index contributed by atoms with van der Waals surface area (Å²) in [6.07, 6.45) is -2.61. The third kappa shape index (κ3) is 4.25. The summed E-state index contributed by atoms with van der Waals surface area (Å²) < 4.78 is 32.0. The maximum atomic E-state index is 11.6. The fourth-order valence-electron chi connectivity index (χ4n) is 0.488. The van der Waals surface area contributed by atoms with Gasteiger partial charge in [0, 0.05) is 0 Å². The fraction of sp³-hybridized carbons (Fsp3) is 0.375. The van der Waals surface area contributed by atoms with Crippen molar-refractivity contribution >= 4 is 5.97 Å². The van der Waals surface area contributed by atoms with Crippen LogP contribution >= 0.6 is 0 Å². The number of hydrogen-bond acceptors (Lipinski definition) is 3. The minimum absolute atomic E-state index is 0.164. The molecular formula is C8H10F2O3. The first-order chi connectivity index (χ1) is 5.99. The van der Waals surface area contributed by atoms with Gasteiger partial charge < -0.3 is 9.47 Å². The number of carbonyl (C=O) groups excluding carboxylic acids is 1. The number of alkyl halides is 2. The van der Waals surface area contributed by atoms with Crippen LogP contribution in [-0.4, -0.2) is 26.1 Å². The van der Waals surface area contributed by atoms with Crippen LogP contribution in [0.25, 0.3) is 0 Å². The van der Waals surface area contributed by atoms with E-state index < -0.39 is 19.0 Å². The predicted octanol–water partition coefficient (Wildman–Crippen LogP) is 1.51. The lowest BCUT2D eigenvalue weighted by atomic mass is 10.3. The van der Waals surface area contributed by atoms with Gasteiger partial charge in [-0.05, 0) is 0 Å². The zero-order valence-corrected chi connectivity index (χ0v) is 7.18. The normalized spacial score (nSPS) is 9.54. The maximum Gasteiger partial charge on any atom is 0.341 e. The number of halogens is 2. The Morgan fingerprint density at radius 3 is 2.38 bits per heavy atom. The molecule has 0 saturated carbocycles. The molecule has 0 aromatic rings. The van der Waals surface area contributed by atoms with Gasteiger partial charge in [0.15, 0.2) is 0 Å². The van der Waals surface area contributed by atoms with Crippen LogP contribution in [0.5, 0.6) is 0 Å². The van der Waals surface area contributed by atoms with Crippen LogP contribution in [0.15, 0.2) is 24.5 Å². The first-order valence-corrected chi connectivity index (χ1v) is 3.36. The summed E-state index contributed by atoms with van der Waals surface area (Å²) in [4.78, 5) is 10.7. The van der Waals surface area contributed by atoms with E-state index in [1.807, 2.05) is 0 Å². The second kappa shape index (κ2) is 5.29. The lowest BCUT2D eigenvalue weighted by molar-refractivity contribution is -0.136. The van der Waals surface area contributed by atoms with E-state index in [-0.39, 0.29) is 11.3 Å². The summed E-state index contributed by atoms with van der Waals surface area (Å²) >= 11 is 0. The number of hydrogen-bond donors (Lipinski definition) is 0. The van der Waals surface area contributed by atoms with Crippen LogP contribution in [0.1, 0.15) is 0 Å². The second-order valence-corrected chi connectivity index (χ2v) is 2.10. The number of ether oxygens (including phenoxy) is 2. The molecule has 74 valence electrons. The number of methoxy groups -OCH3 is 1. The smallest absolute Gasteiger partial charge is 0.341 e. The molecule has 0 aromatic carbocycles. The van der Waals surface area contributed by atoms with E-state index in [1.165, 1.54) is 0 Å². The molecule has 0 radical (unpaired) electrons. The van der Waals surface area contributed by atoms with Crippen molar-refractivity contribution in [2.24, 2.45) is 0 Å². The minimum atomic E-state index is -2.61. The van der Waals surface area contributed by atoms with Crippen LogP contribution in [0.2, 0.25) is 0 Å². The predicted molar refractivity (Wildman–Crippen MR) is 42.3 cm³/mol. The van der Waals surface area contributed by atoms with Gasteiger partial charge in [-0.1, -0.05) is 13.2 Å². The molecule has 13 heavy (non-hydrogen) atoms. The molecule has 0 aliphatic carbocycles. The van der Waals surface area contributed by atoms with Gasteiger partial charge in [-0.2, -0.15) is 0 Å². The van der Waals surface area contributed by atoms with Gasteiger partial charge in [0.1, 0.15) is 12.4 Å². The highest BCUT2D eigenvalue weighted by Crippen LogP contribution is 2.09. The molecule has 0 fully saturated rings. The monoisotopic (exact) mass is 192 g/mol. The molecule has 0 amide bonds. The van der Waals surface area contributed by atoms with E-state index >= 15 is 0 Å². The van der Waals surface area contributed by atoms with Gasteiger partial charge in [0.05, 0.1) is 12.7 Å². The SMILES string of the molecule is C=C(OCC(F)F)C(=C)C(=O)OC. The van der Waals surface area contributed by atoms with Crippen molar-refractivity contribution in [2.45, 2.75) is 6.43 Å². The molecule has 0 spiro atoms. The lowest BCUT2D eigenvalue weighted by Crippen LogP contribution is -2.10. The molecule has 0 aliphatic rings. The zero-order chi connectivity index (χ0) is 10.4. The summed E-state index contributed by atoms with van der Waals surface area (Å²) in [7, 11) is 1.15. The largest absolute Gasteiger partial charge is 0.487 e. The molecule has 0 atom stereocenters. The van der Waals surface area contributed by atoms with Crippen LogP contribution in [0, 0.1) is 0 Å². The molecular weight excluding hydrogens is 182 g/mol. The topological polar surface area (TPSA) is 35.5 Å². The van der Waals surface area contributed by atoms with E-state index in [9.17, 15) is 13.6 Å². The molecule has 0 unspecified atom stereocenters. The van der Waals surface area contributed by atoms with Crippen molar-refractivity contribution in [1.29, 1.82) is 0 Å². The molecule has 0 saturated heterocycles. The molecule has 5 heteroatoms. The van der Waals surface area contributed by atoms with Crippen LogP contribution in [-0.2, 0) is 14.3 Å². The minimum Gasteiger partial charge on any atom is -0.487 e. The molecule has 3 nitrogen and oxygen atoms in total. The summed E-state index contributed by atoms with van der Waals surface area (Å²) in [6, 6.07) is 0. The summed E-state index contributed by atoms with van der Waals surface area (Å²) in [5.41, 5.74) is -0.164. The molecule has 0 aliphatic heterocycles. The number of rotatable bonds is 5. The average Bonchev–Trinajstić information content (AvgIpc) is 2.11. The van der Waals surface area contributed by atoms with Crippen molar-refractivity contribution in [1.82, 2.24) is 0 Å². The van der Waals surface area contributed by atoms with E-state index in [0.717, 1.165) is 7.11 Å². The average molecular weight is 192 g/mol. The summed E-state index contributed by atoms with van der Waals surface area (Å²) in [5.74, 6) is -0.952. The Balaban J connectivity index is 3.98. The molecule has 0 heterocycles. The van der Waals surface area contributed by atoms with Crippen molar-refractivity contribution in [3.8, 4) is 0 Å². The zero-order valence-electron chi connectivity index (χ0n) is 7.18. The van der Waals surface area contributed by atoms with Crippen molar-refractivity contribution in [3.05, 3.63) is 24.5 Å². The Kier molecular flexibility index (Phi) is 4.72. The summed E-state index contributed by atoms with van der Waals surface area (Å²) in [6.45, 7) is 5.69. The Morgan fingerprint density at radius 2 is 2.00 bits per heavy atom. The van der Waals surface area contributed by atoms with Crippen molar-refractivity contribution in [3.63, 3.8) is 0 Å². The highest BCUT2D eigenvalue weighted by molar-refractivity contribution is 5.91. The standard InChI is InChI=1S/C8H10F2O3/c1-5(8(11)12-3)6(2)13-4-7(9)10/h7H,1-2,4H2,3H3. The van der Waals surface area contributed by atoms with Crippen LogP contribution < -0.4 is 0 Å². The first-order valence-electron chi connectivity index (χ1n) is 3.36. The van der Waals surface area contributed by atoms with Gasteiger partial charge >= 0.3 is 5.97 Å². The third-order valence-electron chi connectivity index (χ3n) is 1.15. The van der Waals surface area contributed by atoms with Gasteiger partial charge in [0.2, 0.25) is 0 Å². The van der Waals surface area contributed by atoms with Crippen LogP contribution in [0.4, 0.5) is 8.78 Å². The lowest BCUT2D eigenvalue weighted by Gasteiger charge is -2.08. The molecule has 0 aromatic heterocycles. The quantitative estimate of drug-likeness (QED) is 0.286. The first kappa shape index (κ1) is 11.6. The van der Waals surface area contributed by atoms with Gasteiger partial charge in [-0.3, -0.25) is 0 Å². The van der Waals surface area contributed by atoms with E-state index in [4.69, 9.17) is 0 Å². The highest BCUT2D eigenvalue weighted by atomic mass is 19.3. The highest BCUT2D eigenvalue weighted by Gasteiger charge is 2.13. The molecule has 0 N–H and O–H groups in total. The maximum absolute atomic E-state index is 11.6. The molecule has 0 bridgehead atoms.